The summed E-state index contributed by atoms with van der Waals surface area (Å²) in [7, 11) is 0. The van der Waals surface area contributed by atoms with Gasteiger partial charge >= 0.3 is 0 Å². The minimum atomic E-state index is -0.122. The molecule has 3 heterocycles. The second kappa shape index (κ2) is 8.48. The van der Waals surface area contributed by atoms with Gasteiger partial charge in [-0.15, -0.1) is 0 Å². The molecule has 0 unspecified atom stereocenters. The predicted molar refractivity (Wildman–Crippen MR) is 124 cm³/mol. The predicted octanol–water partition coefficient (Wildman–Crippen LogP) is 5.69. The van der Waals surface area contributed by atoms with Crippen molar-refractivity contribution in [3.63, 3.8) is 0 Å². The zero-order valence-electron chi connectivity index (χ0n) is 17.3. The van der Waals surface area contributed by atoms with Gasteiger partial charge in [-0.2, -0.15) is 0 Å². The van der Waals surface area contributed by atoms with E-state index >= 15 is 0 Å². The number of aromatic nitrogens is 3. The number of imidazole rings is 1. The molecule has 0 bridgehead atoms. The molecule has 0 N–H and O–H groups in total. The number of carbonyl (C=O) groups excluding carboxylic acids is 1. The van der Waals surface area contributed by atoms with Crippen LogP contribution in [0, 0.1) is 0 Å². The van der Waals surface area contributed by atoms with Gasteiger partial charge in [0.2, 0.25) is 5.91 Å². The molecule has 0 aliphatic carbocycles. The van der Waals surface area contributed by atoms with Crippen LogP contribution in [0.1, 0.15) is 24.7 Å². The van der Waals surface area contributed by atoms with Crippen LogP contribution in [0.2, 0.25) is 5.02 Å². The fourth-order valence-electron chi connectivity index (χ4n) is 4.19. The molecule has 1 fully saturated rings. The Balaban J connectivity index is 1.55. The van der Waals surface area contributed by atoms with Crippen LogP contribution in [-0.4, -0.2) is 31.7 Å². The monoisotopic (exact) mass is 444 g/mol. The second-order valence-corrected chi connectivity index (χ2v) is 8.01. The van der Waals surface area contributed by atoms with Crippen LogP contribution in [0.3, 0.4) is 0 Å². The van der Waals surface area contributed by atoms with Crippen LogP contribution in [0.5, 0.6) is 11.5 Å². The number of hydrogen-bond donors (Lipinski definition) is 0. The summed E-state index contributed by atoms with van der Waals surface area (Å²) >= 11 is 6.67. The molecular weight excluding hydrogens is 424 g/mol. The highest BCUT2D eigenvalue weighted by Crippen LogP contribution is 2.38. The van der Waals surface area contributed by atoms with E-state index in [0.717, 1.165) is 41.2 Å². The minimum absolute atomic E-state index is 0.0831. The third-order valence-corrected chi connectivity index (χ3v) is 5.97. The Kier molecular flexibility index (Phi) is 5.37. The van der Waals surface area contributed by atoms with Crippen molar-refractivity contribution < 1.29 is 9.53 Å². The van der Waals surface area contributed by atoms with Crippen molar-refractivity contribution in [3.8, 4) is 22.8 Å². The molecule has 6 nitrogen and oxygen atoms in total. The Morgan fingerprint density at radius 1 is 1.19 bits per heavy atom. The van der Waals surface area contributed by atoms with E-state index in [2.05, 4.69) is 11.6 Å². The molecule has 5 rings (SSSR count). The number of fused-ring (bicyclic) bond motifs is 1. The lowest BCUT2D eigenvalue weighted by Gasteiger charge is -2.22. The highest BCUT2D eigenvalue weighted by Gasteiger charge is 2.32. The average Bonchev–Trinajstić information content (AvgIpc) is 3.44. The summed E-state index contributed by atoms with van der Waals surface area (Å²) in [6.07, 6.45) is 8.49. The largest absolute Gasteiger partial charge is 0.457 e. The van der Waals surface area contributed by atoms with Gasteiger partial charge in [-0.05, 0) is 43.2 Å². The van der Waals surface area contributed by atoms with E-state index < -0.39 is 0 Å². The molecule has 0 saturated carbocycles. The van der Waals surface area contributed by atoms with E-state index in [1.54, 1.807) is 18.5 Å². The lowest BCUT2D eigenvalue weighted by Crippen LogP contribution is -2.29. The van der Waals surface area contributed by atoms with Gasteiger partial charge in [-0.1, -0.05) is 36.4 Å². The highest BCUT2D eigenvalue weighted by molar-refractivity contribution is 6.33. The number of amides is 1. The van der Waals surface area contributed by atoms with Crippen LogP contribution in [0.25, 0.3) is 16.8 Å². The van der Waals surface area contributed by atoms with Crippen molar-refractivity contribution >= 4 is 23.0 Å². The average molecular weight is 445 g/mol. The SMILES string of the molecule is C=CC(=O)N1CCC[C@H]1c1nc(-c2ccc(Oc3ccccc3)cc2Cl)c2cnccn12. The molecule has 2 aromatic heterocycles. The van der Waals surface area contributed by atoms with E-state index in [-0.39, 0.29) is 11.9 Å². The van der Waals surface area contributed by atoms with Crippen molar-refractivity contribution in [2.45, 2.75) is 18.9 Å². The maximum atomic E-state index is 12.4. The highest BCUT2D eigenvalue weighted by atomic mass is 35.5. The molecule has 4 aromatic rings. The normalized spacial score (nSPS) is 15.8. The van der Waals surface area contributed by atoms with Crippen molar-refractivity contribution in [2.75, 3.05) is 6.54 Å². The fourth-order valence-corrected chi connectivity index (χ4v) is 4.45. The van der Waals surface area contributed by atoms with Gasteiger partial charge in [0.1, 0.15) is 17.3 Å². The minimum Gasteiger partial charge on any atom is -0.457 e. The Morgan fingerprint density at radius 3 is 2.81 bits per heavy atom. The Morgan fingerprint density at radius 2 is 2.03 bits per heavy atom. The zero-order valence-corrected chi connectivity index (χ0v) is 18.1. The number of ether oxygens (including phenoxy) is 1. The Hall–Kier alpha value is -3.64. The lowest BCUT2D eigenvalue weighted by atomic mass is 10.1. The summed E-state index contributed by atoms with van der Waals surface area (Å²) in [5, 5.41) is 0.527. The third-order valence-electron chi connectivity index (χ3n) is 5.66. The molecule has 32 heavy (non-hydrogen) atoms. The van der Waals surface area contributed by atoms with Crippen LogP contribution in [0.15, 0.2) is 79.8 Å². The number of likely N-dealkylation sites (tertiary alicyclic amines) is 1. The van der Waals surface area contributed by atoms with Gasteiger partial charge in [0.15, 0.2) is 0 Å². The first-order valence-electron chi connectivity index (χ1n) is 10.4. The molecule has 1 aliphatic rings. The van der Waals surface area contributed by atoms with E-state index in [4.69, 9.17) is 21.3 Å². The summed E-state index contributed by atoms with van der Waals surface area (Å²) in [5.41, 5.74) is 2.34. The number of para-hydroxylation sites is 1. The first-order valence-corrected chi connectivity index (χ1v) is 10.8. The maximum Gasteiger partial charge on any atom is 0.246 e. The van der Waals surface area contributed by atoms with Crippen molar-refractivity contribution in [1.29, 1.82) is 0 Å². The molecule has 160 valence electrons. The first kappa shape index (κ1) is 20.3. The van der Waals surface area contributed by atoms with E-state index in [1.165, 1.54) is 6.08 Å². The zero-order chi connectivity index (χ0) is 22.1. The summed E-state index contributed by atoms with van der Waals surface area (Å²) in [4.78, 5) is 23.4. The van der Waals surface area contributed by atoms with E-state index in [0.29, 0.717) is 17.3 Å². The number of halogens is 1. The van der Waals surface area contributed by atoms with Gasteiger partial charge in [-0.25, -0.2) is 4.98 Å². The van der Waals surface area contributed by atoms with Crippen LogP contribution in [-0.2, 0) is 4.79 Å². The summed E-state index contributed by atoms with van der Waals surface area (Å²) in [5.74, 6) is 2.10. The van der Waals surface area contributed by atoms with Gasteiger partial charge in [0.25, 0.3) is 0 Å². The fraction of sp³-hybridized carbons (Fsp3) is 0.160. The molecule has 0 radical (unpaired) electrons. The third kappa shape index (κ3) is 3.63. The van der Waals surface area contributed by atoms with Crippen molar-refractivity contribution in [1.82, 2.24) is 19.3 Å². The second-order valence-electron chi connectivity index (χ2n) is 7.60. The molecule has 1 saturated heterocycles. The lowest BCUT2D eigenvalue weighted by molar-refractivity contribution is -0.127. The molecule has 1 amide bonds. The van der Waals surface area contributed by atoms with E-state index in [1.807, 2.05) is 58.0 Å². The van der Waals surface area contributed by atoms with Crippen molar-refractivity contribution in [3.05, 3.63) is 90.6 Å². The maximum absolute atomic E-state index is 12.4. The van der Waals surface area contributed by atoms with Gasteiger partial charge in [0, 0.05) is 30.6 Å². The molecule has 1 atom stereocenters. The molecule has 7 heteroatoms. The first-order chi connectivity index (χ1) is 15.7. The van der Waals surface area contributed by atoms with Crippen LogP contribution in [0.4, 0.5) is 0 Å². The van der Waals surface area contributed by atoms with Crippen molar-refractivity contribution in [2.24, 2.45) is 0 Å². The quantitative estimate of drug-likeness (QED) is 0.371. The molecule has 1 aliphatic heterocycles. The molecule has 0 spiro atoms. The summed E-state index contributed by atoms with van der Waals surface area (Å²) in [6.45, 7) is 4.33. The van der Waals surface area contributed by atoms with Gasteiger partial charge in [-0.3, -0.25) is 14.2 Å². The molecule has 2 aromatic carbocycles. The number of benzene rings is 2. The Labute approximate surface area is 190 Å². The van der Waals surface area contributed by atoms with E-state index in [9.17, 15) is 4.79 Å². The number of rotatable bonds is 5. The Bertz CT molecular complexity index is 1300. The molecular formula is C25H21ClN4O2. The standard InChI is InChI=1S/C25H21ClN4O2/c1-2-23(31)29-13-6-9-21(29)25-28-24(22-16-27-12-14-30(22)25)19-11-10-18(15-20(19)26)32-17-7-4-3-5-8-17/h2-5,7-8,10-12,14-16,21H,1,6,9,13H2/t21-/m0/s1. The number of nitrogens with zero attached hydrogens (tertiary/aromatic N) is 4. The van der Waals surface area contributed by atoms with Crippen LogP contribution < -0.4 is 4.74 Å². The van der Waals surface area contributed by atoms with Gasteiger partial charge < -0.3 is 9.64 Å². The summed E-state index contributed by atoms with van der Waals surface area (Å²) in [6, 6.07) is 15.0. The number of carbonyl (C=O) groups is 1. The number of hydrogen-bond acceptors (Lipinski definition) is 4. The smallest absolute Gasteiger partial charge is 0.246 e. The van der Waals surface area contributed by atoms with Crippen LogP contribution >= 0.6 is 11.6 Å². The topological polar surface area (TPSA) is 59.7 Å². The van der Waals surface area contributed by atoms with Gasteiger partial charge in [0.05, 0.1) is 28.5 Å². The summed E-state index contributed by atoms with van der Waals surface area (Å²) < 4.78 is 7.89.